The van der Waals surface area contributed by atoms with Gasteiger partial charge in [-0.25, -0.2) is 9.97 Å². The molecule has 0 aromatic carbocycles. The maximum absolute atomic E-state index is 9.20. The van der Waals surface area contributed by atoms with Crippen molar-refractivity contribution in [2.75, 3.05) is 13.2 Å². The molecule has 2 aromatic rings. The highest BCUT2D eigenvalue weighted by Gasteiger charge is 2.21. The van der Waals surface area contributed by atoms with E-state index in [0.717, 1.165) is 37.1 Å². The lowest BCUT2D eigenvalue weighted by molar-refractivity contribution is 0.0704. The molecule has 3 heterocycles. The van der Waals surface area contributed by atoms with Gasteiger partial charge in [-0.3, -0.25) is 0 Å². The van der Waals surface area contributed by atoms with Gasteiger partial charge in [0.15, 0.2) is 0 Å². The van der Waals surface area contributed by atoms with E-state index in [-0.39, 0.29) is 0 Å². The van der Waals surface area contributed by atoms with Crippen LogP contribution < -0.4 is 0 Å². The van der Waals surface area contributed by atoms with Crippen LogP contribution in [-0.2, 0) is 4.74 Å². The molecular formula is C12H12N4O. The van der Waals surface area contributed by atoms with Crippen molar-refractivity contribution in [1.29, 1.82) is 5.26 Å². The number of hydrogen-bond acceptors (Lipinski definition) is 4. The van der Waals surface area contributed by atoms with E-state index in [0.29, 0.717) is 11.7 Å². The molecule has 3 rings (SSSR count). The second-order valence-electron chi connectivity index (χ2n) is 4.16. The second kappa shape index (κ2) is 4.15. The summed E-state index contributed by atoms with van der Waals surface area (Å²) in [4.78, 5) is 8.27. The monoisotopic (exact) mass is 228 g/mol. The molecule has 0 unspecified atom stereocenters. The molecule has 0 amide bonds. The van der Waals surface area contributed by atoms with E-state index in [1.165, 1.54) is 6.33 Å². The first-order valence-corrected chi connectivity index (χ1v) is 5.69. The van der Waals surface area contributed by atoms with Gasteiger partial charge < -0.3 is 9.30 Å². The van der Waals surface area contributed by atoms with Crippen molar-refractivity contribution >= 4 is 11.0 Å². The molecule has 0 saturated carbocycles. The quantitative estimate of drug-likeness (QED) is 0.744. The van der Waals surface area contributed by atoms with Gasteiger partial charge in [0.1, 0.15) is 23.7 Å². The van der Waals surface area contributed by atoms with Crippen LogP contribution in [0.2, 0.25) is 0 Å². The molecule has 5 heteroatoms. The first kappa shape index (κ1) is 10.2. The van der Waals surface area contributed by atoms with Gasteiger partial charge in [0.25, 0.3) is 0 Å². The Morgan fingerprint density at radius 3 is 3.00 bits per heavy atom. The summed E-state index contributed by atoms with van der Waals surface area (Å²) < 4.78 is 7.38. The third kappa shape index (κ3) is 1.67. The number of fused-ring (bicyclic) bond motifs is 1. The van der Waals surface area contributed by atoms with Crippen LogP contribution in [-0.4, -0.2) is 27.7 Å². The maximum Gasteiger partial charge on any atom is 0.144 e. The average molecular weight is 228 g/mol. The zero-order chi connectivity index (χ0) is 11.7. The standard InChI is InChI=1S/C12H12N4O/c13-6-11-5-9-7-14-8-15-12(9)16(11)10-1-3-17-4-2-10/h5,7-8,10H,1-4H2. The van der Waals surface area contributed by atoms with E-state index in [1.807, 2.05) is 10.6 Å². The SMILES string of the molecule is N#Cc1cc2cncnc2n1C1CCOCC1. The summed E-state index contributed by atoms with van der Waals surface area (Å²) in [5.41, 5.74) is 1.51. The lowest BCUT2D eigenvalue weighted by atomic mass is 10.1. The van der Waals surface area contributed by atoms with E-state index in [4.69, 9.17) is 4.74 Å². The highest BCUT2D eigenvalue weighted by Crippen LogP contribution is 2.27. The molecule has 0 N–H and O–H groups in total. The van der Waals surface area contributed by atoms with Crippen LogP contribution in [0.4, 0.5) is 0 Å². The molecule has 2 aromatic heterocycles. The fraction of sp³-hybridized carbons (Fsp3) is 0.417. The highest BCUT2D eigenvalue weighted by molar-refractivity contribution is 5.77. The molecule has 0 aliphatic carbocycles. The minimum absolute atomic E-state index is 0.311. The van der Waals surface area contributed by atoms with Crippen LogP contribution in [0.1, 0.15) is 24.6 Å². The predicted octanol–water partition coefficient (Wildman–Crippen LogP) is 1.65. The van der Waals surface area contributed by atoms with Gasteiger partial charge in [-0.2, -0.15) is 5.26 Å². The smallest absolute Gasteiger partial charge is 0.144 e. The Labute approximate surface area is 98.7 Å². The van der Waals surface area contributed by atoms with Crippen molar-refractivity contribution in [1.82, 2.24) is 14.5 Å². The molecule has 86 valence electrons. The topological polar surface area (TPSA) is 63.7 Å². The second-order valence-corrected chi connectivity index (χ2v) is 4.16. The summed E-state index contributed by atoms with van der Waals surface area (Å²) >= 11 is 0. The number of rotatable bonds is 1. The molecule has 1 aliphatic heterocycles. The molecule has 1 fully saturated rings. The molecule has 0 atom stereocenters. The number of hydrogen-bond donors (Lipinski definition) is 0. The van der Waals surface area contributed by atoms with Crippen LogP contribution in [0.3, 0.4) is 0 Å². The van der Waals surface area contributed by atoms with Crippen molar-refractivity contribution in [2.24, 2.45) is 0 Å². The number of nitrogens with zero attached hydrogens (tertiary/aromatic N) is 4. The molecular weight excluding hydrogens is 216 g/mol. The zero-order valence-electron chi connectivity index (χ0n) is 9.33. The van der Waals surface area contributed by atoms with Crippen LogP contribution >= 0.6 is 0 Å². The van der Waals surface area contributed by atoms with Crippen molar-refractivity contribution < 1.29 is 4.74 Å². The van der Waals surface area contributed by atoms with Crippen molar-refractivity contribution in [3.8, 4) is 6.07 Å². The Bertz CT molecular complexity index is 578. The lowest BCUT2D eigenvalue weighted by Crippen LogP contribution is -2.20. The normalized spacial score (nSPS) is 17.1. The van der Waals surface area contributed by atoms with Crippen LogP contribution in [0.5, 0.6) is 0 Å². The van der Waals surface area contributed by atoms with Crippen LogP contribution in [0.15, 0.2) is 18.6 Å². The fourth-order valence-corrected chi connectivity index (χ4v) is 2.37. The van der Waals surface area contributed by atoms with Crippen LogP contribution in [0, 0.1) is 11.3 Å². The van der Waals surface area contributed by atoms with Gasteiger partial charge >= 0.3 is 0 Å². The minimum Gasteiger partial charge on any atom is -0.381 e. The highest BCUT2D eigenvalue weighted by atomic mass is 16.5. The van der Waals surface area contributed by atoms with Gasteiger partial charge in [-0.05, 0) is 18.9 Å². The first-order valence-electron chi connectivity index (χ1n) is 5.69. The van der Waals surface area contributed by atoms with Crippen molar-refractivity contribution in [3.05, 3.63) is 24.3 Å². The van der Waals surface area contributed by atoms with E-state index < -0.39 is 0 Å². The molecule has 1 saturated heterocycles. The van der Waals surface area contributed by atoms with E-state index in [9.17, 15) is 5.26 Å². The van der Waals surface area contributed by atoms with Gasteiger partial charge in [0.05, 0.1) is 0 Å². The Balaban J connectivity index is 2.15. The zero-order valence-corrected chi connectivity index (χ0v) is 9.33. The van der Waals surface area contributed by atoms with E-state index >= 15 is 0 Å². The Morgan fingerprint density at radius 1 is 1.41 bits per heavy atom. The van der Waals surface area contributed by atoms with Gasteiger partial charge in [0, 0.05) is 30.8 Å². The van der Waals surface area contributed by atoms with Crippen molar-refractivity contribution in [2.45, 2.75) is 18.9 Å². The summed E-state index contributed by atoms with van der Waals surface area (Å²) in [5, 5.41) is 10.1. The molecule has 0 radical (unpaired) electrons. The summed E-state index contributed by atoms with van der Waals surface area (Å²) in [6.45, 7) is 1.50. The minimum atomic E-state index is 0.311. The largest absolute Gasteiger partial charge is 0.381 e. The lowest BCUT2D eigenvalue weighted by Gasteiger charge is -2.24. The third-order valence-electron chi connectivity index (χ3n) is 3.17. The summed E-state index contributed by atoms with van der Waals surface area (Å²) in [6.07, 6.45) is 5.14. The van der Waals surface area contributed by atoms with E-state index in [2.05, 4.69) is 16.0 Å². The van der Waals surface area contributed by atoms with Gasteiger partial charge in [0.2, 0.25) is 0 Å². The van der Waals surface area contributed by atoms with Crippen molar-refractivity contribution in [3.63, 3.8) is 0 Å². The first-order chi connectivity index (χ1) is 8.40. The van der Waals surface area contributed by atoms with Gasteiger partial charge in [-0.1, -0.05) is 0 Å². The summed E-state index contributed by atoms with van der Waals surface area (Å²) in [6, 6.07) is 4.40. The molecule has 0 spiro atoms. The molecule has 1 aliphatic rings. The molecule has 0 bridgehead atoms. The Hall–Kier alpha value is -1.93. The molecule has 5 nitrogen and oxygen atoms in total. The number of nitriles is 1. The van der Waals surface area contributed by atoms with Crippen LogP contribution in [0.25, 0.3) is 11.0 Å². The van der Waals surface area contributed by atoms with E-state index in [1.54, 1.807) is 6.20 Å². The number of ether oxygens (including phenoxy) is 1. The predicted molar refractivity (Wildman–Crippen MR) is 61.3 cm³/mol. The van der Waals surface area contributed by atoms with Gasteiger partial charge in [-0.15, -0.1) is 0 Å². The summed E-state index contributed by atoms with van der Waals surface area (Å²) in [7, 11) is 0. The Kier molecular flexibility index (Phi) is 2.50. The maximum atomic E-state index is 9.20. The molecule has 17 heavy (non-hydrogen) atoms. The Morgan fingerprint density at radius 2 is 2.24 bits per heavy atom. The summed E-state index contributed by atoms with van der Waals surface area (Å²) in [5.74, 6) is 0. The fourth-order valence-electron chi connectivity index (χ4n) is 2.37. The average Bonchev–Trinajstić information content (AvgIpc) is 2.78. The number of aromatic nitrogens is 3. The third-order valence-corrected chi connectivity index (χ3v) is 3.17.